The van der Waals surface area contributed by atoms with Crippen LogP contribution in [-0.2, 0) is 31.0 Å². The van der Waals surface area contributed by atoms with Crippen molar-refractivity contribution in [1.82, 2.24) is 15.5 Å². The second-order valence-electron chi connectivity index (χ2n) is 11.6. The predicted molar refractivity (Wildman–Crippen MR) is 142 cm³/mol. The van der Waals surface area contributed by atoms with Crippen LogP contribution in [0, 0.1) is 22.6 Å². The molecule has 42 heavy (non-hydrogen) atoms. The molecule has 0 aromatic heterocycles. The molecule has 0 bridgehead atoms. The van der Waals surface area contributed by atoms with Gasteiger partial charge in [-0.05, 0) is 34.7 Å². The maximum absolute atomic E-state index is 14.0. The summed E-state index contributed by atoms with van der Waals surface area (Å²) in [7, 11) is 0. The molecule has 0 radical (unpaired) electrons. The van der Waals surface area contributed by atoms with Crippen molar-refractivity contribution in [2.75, 3.05) is 11.9 Å². The van der Waals surface area contributed by atoms with Crippen molar-refractivity contribution < 1.29 is 36.7 Å². The van der Waals surface area contributed by atoms with Crippen LogP contribution in [0.2, 0.25) is 0 Å². The van der Waals surface area contributed by atoms with Crippen LogP contribution in [0.3, 0.4) is 0 Å². The molecule has 2 aromatic rings. The van der Waals surface area contributed by atoms with E-state index in [0.717, 1.165) is 11.0 Å². The molecule has 1 spiro atoms. The lowest BCUT2D eigenvalue weighted by molar-refractivity contribution is -0.175. The SMILES string of the molecule is CC(C)(C)[C@H](NC(=O)C(F)(F)F)C(=O)N[C@@H](Cc1cccc(F)c1)C(=O)N1C[C@]2(C[C@H]1C#N)C(=O)Nc1ccccc12. The molecule has 4 rings (SSSR count). The number of rotatable bonds is 6. The number of halogens is 4. The second kappa shape index (κ2) is 11.1. The quantitative estimate of drug-likeness (QED) is 0.448. The molecule has 4 amide bonds. The van der Waals surface area contributed by atoms with Crippen LogP contribution in [0.5, 0.6) is 0 Å². The van der Waals surface area contributed by atoms with E-state index >= 15 is 0 Å². The van der Waals surface area contributed by atoms with Crippen molar-refractivity contribution in [1.29, 1.82) is 5.26 Å². The summed E-state index contributed by atoms with van der Waals surface area (Å²) in [5.74, 6) is -5.22. The van der Waals surface area contributed by atoms with E-state index in [4.69, 9.17) is 0 Å². The van der Waals surface area contributed by atoms with Gasteiger partial charge in [0.1, 0.15) is 23.9 Å². The van der Waals surface area contributed by atoms with Crippen LogP contribution < -0.4 is 16.0 Å². The molecule has 0 saturated carbocycles. The molecule has 2 aliphatic rings. The average Bonchev–Trinajstić information content (AvgIpc) is 3.43. The second-order valence-corrected chi connectivity index (χ2v) is 11.6. The summed E-state index contributed by atoms with van der Waals surface area (Å²) in [5.41, 5.74) is -0.998. The number of para-hydroxylation sites is 1. The van der Waals surface area contributed by atoms with Gasteiger partial charge in [-0.2, -0.15) is 18.4 Å². The number of alkyl halides is 3. The van der Waals surface area contributed by atoms with Crippen molar-refractivity contribution >= 4 is 29.3 Å². The van der Waals surface area contributed by atoms with Crippen molar-refractivity contribution in [2.24, 2.45) is 5.41 Å². The summed E-state index contributed by atoms with van der Waals surface area (Å²) in [6.45, 7) is 4.10. The number of fused-ring (bicyclic) bond motifs is 2. The third-order valence-electron chi connectivity index (χ3n) is 7.52. The van der Waals surface area contributed by atoms with Crippen molar-refractivity contribution in [3.8, 4) is 6.07 Å². The van der Waals surface area contributed by atoms with Crippen LogP contribution in [-0.4, -0.2) is 59.4 Å². The molecule has 13 heteroatoms. The van der Waals surface area contributed by atoms with Crippen molar-refractivity contribution in [3.05, 3.63) is 65.5 Å². The van der Waals surface area contributed by atoms with Gasteiger partial charge in [0.2, 0.25) is 17.7 Å². The first kappa shape index (κ1) is 30.5. The zero-order valence-corrected chi connectivity index (χ0v) is 23.0. The number of hydrogen-bond acceptors (Lipinski definition) is 5. The van der Waals surface area contributed by atoms with Gasteiger partial charge in [-0.1, -0.05) is 51.1 Å². The monoisotopic (exact) mass is 587 g/mol. The normalized spacial score (nSPS) is 21.2. The maximum Gasteiger partial charge on any atom is 0.471 e. The van der Waals surface area contributed by atoms with E-state index in [-0.39, 0.29) is 24.9 Å². The summed E-state index contributed by atoms with van der Waals surface area (Å²) in [6.07, 6.45) is -5.57. The Morgan fingerprint density at radius 2 is 1.81 bits per heavy atom. The zero-order valence-electron chi connectivity index (χ0n) is 23.0. The van der Waals surface area contributed by atoms with E-state index in [9.17, 15) is 42.0 Å². The van der Waals surface area contributed by atoms with Gasteiger partial charge in [-0.25, -0.2) is 4.39 Å². The molecular formula is C29H29F4N5O4. The Bertz CT molecular complexity index is 1460. The van der Waals surface area contributed by atoms with Gasteiger partial charge in [0.15, 0.2) is 0 Å². The molecule has 1 saturated heterocycles. The lowest BCUT2D eigenvalue weighted by atomic mass is 9.80. The number of hydrogen-bond donors (Lipinski definition) is 3. The van der Waals surface area contributed by atoms with Gasteiger partial charge in [0.25, 0.3) is 0 Å². The molecule has 0 unspecified atom stereocenters. The topological polar surface area (TPSA) is 131 Å². The number of carbonyl (C=O) groups is 4. The summed E-state index contributed by atoms with van der Waals surface area (Å²) < 4.78 is 53.1. The largest absolute Gasteiger partial charge is 0.471 e. The highest BCUT2D eigenvalue weighted by Crippen LogP contribution is 2.46. The van der Waals surface area contributed by atoms with E-state index < -0.39 is 64.6 Å². The number of nitrogens with one attached hydrogen (secondary N) is 3. The fourth-order valence-corrected chi connectivity index (χ4v) is 5.43. The van der Waals surface area contributed by atoms with E-state index in [1.807, 2.05) is 6.07 Å². The lowest BCUT2D eigenvalue weighted by Crippen LogP contribution is -2.60. The first-order valence-electron chi connectivity index (χ1n) is 13.1. The highest BCUT2D eigenvalue weighted by Gasteiger charge is 2.56. The number of amides is 4. The van der Waals surface area contributed by atoms with Crippen molar-refractivity contribution in [3.63, 3.8) is 0 Å². The molecule has 1 fully saturated rings. The van der Waals surface area contributed by atoms with Gasteiger partial charge in [0.05, 0.1) is 11.5 Å². The Kier molecular flexibility index (Phi) is 8.04. The Balaban J connectivity index is 1.67. The highest BCUT2D eigenvalue weighted by atomic mass is 19.4. The first-order chi connectivity index (χ1) is 19.6. The van der Waals surface area contributed by atoms with Gasteiger partial charge in [-0.3, -0.25) is 19.2 Å². The molecule has 2 aliphatic heterocycles. The first-order valence-corrected chi connectivity index (χ1v) is 13.1. The summed E-state index contributed by atoms with van der Waals surface area (Å²) in [4.78, 5) is 53.4. The number of carbonyl (C=O) groups excluding carboxylic acids is 4. The minimum atomic E-state index is -5.26. The summed E-state index contributed by atoms with van der Waals surface area (Å²) in [6, 6.07) is 9.83. The summed E-state index contributed by atoms with van der Waals surface area (Å²) in [5, 5.41) is 16.9. The van der Waals surface area contributed by atoms with E-state index in [0.29, 0.717) is 11.3 Å². The molecule has 9 nitrogen and oxygen atoms in total. The van der Waals surface area contributed by atoms with Crippen LogP contribution in [0.1, 0.15) is 38.3 Å². The van der Waals surface area contributed by atoms with Gasteiger partial charge in [-0.15, -0.1) is 0 Å². The van der Waals surface area contributed by atoms with Gasteiger partial charge in [0, 0.05) is 25.1 Å². The van der Waals surface area contributed by atoms with Gasteiger partial charge < -0.3 is 20.9 Å². The predicted octanol–water partition coefficient (Wildman–Crippen LogP) is 2.96. The lowest BCUT2D eigenvalue weighted by Gasteiger charge is -2.33. The fourth-order valence-electron chi connectivity index (χ4n) is 5.43. The maximum atomic E-state index is 14.0. The van der Waals surface area contributed by atoms with E-state index in [1.54, 1.807) is 29.6 Å². The fraction of sp³-hybridized carbons (Fsp3) is 0.414. The molecule has 2 heterocycles. The number of likely N-dealkylation sites (tertiary alicyclic amines) is 1. The molecule has 4 atom stereocenters. The van der Waals surface area contributed by atoms with Crippen LogP contribution in [0.4, 0.5) is 23.2 Å². The number of nitriles is 1. The smallest absolute Gasteiger partial charge is 0.342 e. The minimum Gasteiger partial charge on any atom is -0.342 e. The minimum absolute atomic E-state index is 0.0228. The van der Waals surface area contributed by atoms with E-state index in [1.165, 1.54) is 39.0 Å². The third-order valence-corrected chi connectivity index (χ3v) is 7.52. The molecular weight excluding hydrogens is 558 g/mol. The Morgan fingerprint density at radius 1 is 1.12 bits per heavy atom. The van der Waals surface area contributed by atoms with Gasteiger partial charge >= 0.3 is 12.1 Å². The zero-order chi connectivity index (χ0) is 31.0. The number of anilines is 1. The average molecular weight is 588 g/mol. The number of benzene rings is 2. The van der Waals surface area contributed by atoms with Crippen molar-refractivity contribution in [2.45, 2.75) is 63.3 Å². The summed E-state index contributed by atoms with van der Waals surface area (Å²) >= 11 is 0. The third kappa shape index (κ3) is 5.93. The van der Waals surface area contributed by atoms with Crippen LogP contribution in [0.15, 0.2) is 48.5 Å². The molecule has 0 aliphatic carbocycles. The molecule has 3 N–H and O–H groups in total. The van der Waals surface area contributed by atoms with E-state index in [2.05, 4.69) is 10.6 Å². The van der Waals surface area contributed by atoms with Crippen LogP contribution in [0.25, 0.3) is 0 Å². The Morgan fingerprint density at radius 3 is 2.43 bits per heavy atom. The molecule has 2 aromatic carbocycles. The number of nitrogens with zero attached hydrogens (tertiary/aromatic N) is 2. The standard InChI is InChI=1S/C29H29F4N5O4/c1-27(2,3)22(37-26(42)29(31,32)33)23(39)35-21(12-16-7-6-8-17(30)11-16)24(40)38-15-28(13-18(38)14-34)19-9-4-5-10-20(19)36-25(28)41/h4-11,18,21-22H,12-13,15H2,1-3H3,(H,35,39)(H,36,41)(H,37,42)/t18-,21-,22+,28-/m0/s1. The Labute approximate surface area is 239 Å². The highest BCUT2D eigenvalue weighted by molar-refractivity contribution is 6.07. The molecule has 222 valence electrons. The Hall–Kier alpha value is -4.47. The van der Waals surface area contributed by atoms with Crippen LogP contribution >= 0.6 is 0 Å².